The van der Waals surface area contributed by atoms with Crippen molar-refractivity contribution in [2.75, 3.05) is 34.4 Å². The fourth-order valence-corrected chi connectivity index (χ4v) is 3.87. The molecule has 4 rings (SSSR count). The first-order chi connectivity index (χ1) is 18.3. The number of rotatable bonds is 11. The number of H-pyrrole nitrogens is 1. The first-order valence-electron chi connectivity index (χ1n) is 11.8. The monoisotopic (exact) mass is 520 g/mol. The van der Waals surface area contributed by atoms with E-state index in [0.717, 1.165) is 10.2 Å². The summed E-state index contributed by atoms with van der Waals surface area (Å²) in [5.74, 6) is -0.364. The molecule has 11 nitrogen and oxygen atoms in total. The van der Waals surface area contributed by atoms with E-state index >= 15 is 4.39 Å². The molecule has 0 saturated carbocycles. The third-order valence-electron chi connectivity index (χ3n) is 5.87. The maximum Gasteiger partial charge on any atom is 0.350 e. The lowest BCUT2D eigenvalue weighted by atomic mass is 9.90. The molecule has 1 unspecified atom stereocenters. The van der Waals surface area contributed by atoms with Crippen LogP contribution in [0, 0.1) is 11.2 Å². The molecule has 38 heavy (non-hydrogen) atoms. The van der Waals surface area contributed by atoms with Crippen LogP contribution < -0.4 is 20.9 Å². The van der Waals surface area contributed by atoms with Gasteiger partial charge in [-0.2, -0.15) is 0 Å². The summed E-state index contributed by atoms with van der Waals surface area (Å²) in [4.78, 5) is 25.6. The Bertz CT molecular complexity index is 1450. The highest BCUT2D eigenvalue weighted by Crippen LogP contribution is 2.36. The van der Waals surface area contributed by atoms with E-state index in [2.05, 4.69) is 20.1 Å². The average Bonchev–Trinajstić information content (AvgIpc) is 3.29. The second kappa shape index (κ2) is 11.6. The molecular weight excluding hydrogens is 491 g/mol. The minimum absolute atomic E-state index is 0.0559. The number of benzene rings is 2. The van der Waals surface area contributed by atoms with E-state index in [-0.39, 0.29) is 35.3 Å². The van der Waals surface area contributed by atoms with Gasteiger partial charge < -0.3 is 20.1 Å². The molecule has 4 aromatic rings. The van der Waals surface area contributed by atoms with Crippen LogP contribution in [-0.4, -0.2) is 69.8 Å². The highest BCUT2D eigenvalue weighted by atomic mass is 19.1. The predicted octanol–water partition coefficient (Wildman–Crippen LogP) is 2.10. The standard InChI is InChI=1S/C26H29FN8O3/c1-34(2)11-12-38-22-15-20(27)18(14-21(22)37-3)19(13-16-5-7-17(8-6-16)23(28)29)24-32-26(36)35(33-24)25-30-9-4-10-31-25/h4-10,14-15,19H,11-13H2,1-3H3,(H3,28,29)(H,32,33,36). The van der Waals surface area contributed by atoms with Crippen LogP contribution in [-0.2, 0) is 6.42 Å². The summed E-state index contributed by atoms with van der Waals surface area (Å²) in [6, 6.07) is 11.5. The van der Waals surface area contributed by atoms with Crippen molar-refractivity contribution < 1.29 is 13.9 Å². The van der Waals surface area contributed by atoms with E-state index in [1.54, 1.807) is 36.4 Å². The molecule has 0 aliphatic heterocycles. The van der Waals surface area contributed by atoms with Crippen molar-refractivity contribution in [1.29, 1.82) is 5.41 Å². The summed E-state index contributed by atoms with van der Waals surface area (Å²) >= 11 is 0. The quantitative estimate of drug-likeness (QED) is 0.201. The minimum Gasteiger partial charge on any atom is -0.493 e. The maximum atomic E-state index is 15.6. The second-order valence-corrected chi connectivity index (χ2v) is 8.82. The summed E-state index contributed by atoms with van der Waals surface area (Å²) < 4.78 is 28.0. The molecule has 1 atom stereocenters. The van der Waals surface area contributed by atoms with Crippen LogP contribution in [0.4, 0.5) is 4.39 Å². The molecule has 0 amide bonds. The van der Waals surface area contributed by atoms with E-state index in [0.29, 0.717) is 24.5 Å². The Morgan fingerprint density at radius 2 is 1.89 bits per heavy atom. The molecule has 2 heterocycles. The minimum atomic E-state index is -0.708. The van der Waals surface area contributed by atoms with Crippen LogP contribution in [0.15, 0.2) is 59.7 Å². The Hall–Kier alpha value is -4.58. The number of nitrogens with one attached hydrogen (secondary N) is 2. The van der Waals surface area contributed by atoms with Crippen LogP contribution in [0.5, 0.6) is 11.5 Å². The van der Waals surface area contributed by atoms with Gasteiger partial charge >= 0.3 is 5.69 Å². The Labute approximate surface area is 218 Å². The van der Waals surface area contributed by atoms with E-state index in [1.807, 2.05) is 19.0 Å². The van der Waals surface area contributed by atoms with Gasteiger partial charge in [0.2, 0.25) is 0 Å². The highest BCUT2D eigenvalue weighted by Gasteiger charge is 2.26. The van der Waals surface area contributed by atoms with Crippen LogP contribution >= 0.6 is 0 Å². The molecule has 12 heteroatoms. The summed E-state index contributed by atoms with van der Waals surface area (Å²) in [7, 11) is 5.31. The Kier molecular flexibility index (Phi) is 8.12. The van der Waals surface area contributed by atoms with Gasteiger partial charge in [0.1, 0.15) is 24.1 Å². The van der Waals surface area contributed by atoms with Crippen LogP contribution in [0.2, 0.25) is 0 Å². The van der Waals surface area contributed by atoms with E-state index in [1.165, 1.54) is 25.6 Å². The number of halogens is 1. The number of methoxy groups -OCH3 is 1. The molecule has 4 N–H and O–H groups in total. The van der Waals surface area contributed by atoms with E-state index in [9.17, 15) is 4.79 Å². The molecule has 0 saturated heterocycles. The molecule has 198 valence electrons. The van der Waals surface area contributed by atoms with Gasteiger partial charge in [-0.15, -0.1) is 9.78 Å². The normalized spacial score (nSPS) is 11.9. The predicted molar refractivity (Wildman–Crippen MR) is 140 cm³/mol. The number of likely N-dealkylation sites (N-methyl/N-ethyl adjacent to an activating group) is 1. The van der Waals surface area contributed by atoms with Crippen molar-refractivity contribution in [2.24, 2.45) is 5.73 Å². The molecule has 2 aromatic heterocycles. The van der Waals surface area contributed by atoms with Gasteiger partial charge in [-0.1, -0.05) is 24.3 Å². The van der Waals surface area contributed by atoms with Gasteiger partial charge in [0.05, 0.1) is 13.0 Å². The van der Waals surface area contributed by atoms with Crippen molar-refractivity contribution >= 4 is 5.84 Å². The molecule has 0 aliphatic rings. The van der Waals surface area contributed by atoms with Crippen LogP contribution in [0.1, 0.15) is 28.4 Å². The number of nitrogens with zero attached hydrogens (tertiary/aromatic N) is 5. The molecule has 0 radical (unpaired) electrons. The molecule has 0 fully saturated rings. The van der Waals surface area contributed by atoms with Crippen molar-refractivity contribution in [3.05, 3.63) is 93.7 Å². The van der Waals surface area contributed by atoms with Gasteiger partial charge in [0, 0.05) is 36.1 Å². The second-order valence-electron chi connectivity index (χ2n) is 8.82. The summed E-state index contributed by atoms with van der Waals surface area (Å²) in [5, 5.41) is 12.0. The lowest BCUT2D eigenvalue weighted by Crippen LogP contribution is -2.19. The number of aromatic nitrogens is 5. The maximum absolute atomic E-state index is 15.6. The molecule has 0 aliphatic carbocycles. The number of aromatic amines is 1. The SMILES string of the molecule is COc1cc(C(Cc2ccc(C(=N)N)cc2)c2nn(-c3ncccn3)c(=O)[nH]2)c(F)cc1OCCN(C)C. The molecule has 2 aromatic carbocycles. The third-order valence-corrected chi connectivity index (χ3v) is 5.87. The zero-order valence-electron chi connectivity index (χ0n) is 21.3. The Morgan fingerprint density at radius 1 is 1.18 bits per heavy atom. The van der Waals surface area contributed by atoms with Gasteiger partial charge in [0.15, 0.2) is 11.5 Å². The number of nitrogens with two attached hydrogens (primary N) is 1. The van der Waals surface area contributed by atoms with Crippen molar-refractivity contribution in [2.45, 2.75) is 12.3 Å². The zero-order valence-corrected chi connectivity index (χ0v) is 21.3. The molecular formula is C26H29FN8O3. The number of hydrogen-bond acceptors (Lipinski definition) is 8. The lowest BCUT2D eigenvalue weighted by molar-refractivity contribution is 0.249. The van der Waals surface area contributed by atoms with Crippen molar-refractivity contribution in [3.63, 3.8) is 0 Å². The number of nitrogen functional groups attached to an aromatic ring is 1. The summed E-state index contributed by atoms with van der Waals surface area (Å²) in [6.45, 7) is 0.995. The third kappa shape index (κ3) is 6.03. The van der Waals surface area contributed by atoms with Crippen LogP contribution in [0.3, 0.4) is 0 Å². The summed E-state index contributed by atoms with van der Waals surface area (Å²) in [6.07, 6.45) is 3.27. The van der Waals surface area contributed by atoms with Gasteiger partial charge in [-0.25, -0.2) is 19.2 Å². The zero-order chi connectivity index (χ0) is 27.2. The lowest BCUT2D eigenvalue weighted by Gasteiger charge is -2.19. The van der Waals surface area contributed by atoms with Gasteiger partial charge in [-0.05, 0) is 38.2 Å². The first kappa shape index (κ1) is 26.5. The number of amidine groups is 1. The van der Waals surface area contributed by atoms with Gasteiger partial charge in [0.25, 0.3) is 5.95 Å². The Morgan fingerprint density at radius 3 is 2.53 bits per heavy atom. The number of hydrogen-bond donors (Lipinski definition) is 3. The van der Waals surface area contributed by atoms with Crippen molar-refractivity contribution in [3.8, 4) is 17.4 Å². The summed E-state index contributed by atoms with van der Waals surface area (Å²) in [5.41, 5.74) is 6.66. The fourth-order valence-electron chi connectivity index (χ4n) is 3.87. The number of ether oxygens (including phenoxy) is 2. The van der Waals surface area contributed by atoms with Gasteiger partial charge in [-0.3, -0.25) is 10.4 Å². The topological polar surface area (TPSA) is 148 Å². The average molecular weight is 521 g/mol. The molecule has 0 bridgehead atoms. The van der Waals surface area contributed by atoms with Crippen molar-refractivity contribution in [1.82, 2.24) is 29.6 Å². The first-order valence-corrected chi connectivity index (χ1v) is 11.8. The largest absolute Gasteiger partial charge is 0.493 e. The smallest absolute Gasteiger partial charge is 0.350 e. The van der Waals surface area contributed by atoms with Crippen LogP contribution in [0.25, 0.3) is 5.95 Å². The van der Waals surface area contributed by atoms with E-state index < -0.39 is 17.4 Å². The van der Waals surface area contributed by atoms with E-state index in [4.69, 9.17) is 20.6 Å². The fraction of sp³-hybridized carbons (Fsp3) is 0.269. The highest BCUT2D eigenvalue weighted by molar-refractivity contribution is 5.94. The molecule has 0 spiro atoms. The Balaban J connectivity index is 1.77.